The van der Waals surface area contributed by atoms with Crippen LogP contribution in [0.25, 0.3) is 0 Å². The van der Waals surface area contributed by atoms with Crippen molar-refractivity contribution in [1.82, 2.24) is 14.8 Å². The quantitative estimate of drug-likeness (QED) is 0.798. The van der Waals surface area contributed by atoms with Crippen LogP contribution in [0.15, 0.2) is 4.79 Å². The molecule has 2 rings (SSSR count). The van der Waals surface area contributed by atoms with Crippen molar-refractivity contribution in [2.24, 2.45) is 5.92 Å². The fraction of sp³-hybridized carbons (Fsp3) is 0.833. The summed E-state index contributed by atoms with van der Waals surface area (Å²) >= 11 is 0. The van der Waals surface area contributed by atoms with Crippen molar-refractivity contribution in [3.05, 3.63) is 16.3 Å². The number of hydrogen-bond donors (Lipinski definition) is 1. The van der Waals surface area contributed by atoms with Gasteiger partial charge in [-0.25, -0.2) is 9.48 Å². The van der Waals surface area contributed by atoms with Crippen LogP contribution < -0.4 is 5.69 Å². The summed E-state index contributed by atoms with van der Waals surface area (Å²) in [5, 5.41) is 4.30. The molecule has 0 saturated heterocycles. The second-order valence-corrected chi connectivity index (χ2v) is 4.75. The lowest BCUT2D eigenvalue weighted by Crippen LogP contribution is -2.16. The van der Waals surface area contributed by atoms with Crippen LogP contribution in [0, 0.1) is 5.92 Å². The zero-order valence-corrected chi connectivity index (χ0v) is 10.0. The number of nitrogens with one attached hydrogen (secondary N) is 1. The Morgan fingerprint density at radius 3 is 2.56 bits per heavy atom. The number of hydrogen-bond acceptors (Lipinski definition) is 2. The van der Waals surface area contributed by atoms with Crippen LogP contribution in [0.3, 0.4) is 0 Å². The SMILES string of the molecule is CCn1nc(CC2CCCCCC2)[nH]c1=O. The van der Waals surface area contributed by atoms with Crippen molar-refractivity contribution in [2.75, 3.05) is 0 Å². The van der Waals surface area contributed by atoms with Crippen molar-refractivity contribution in [3.63, 3.8) is 0 Å². The van der Waals surface area contributed by atoms with Gasteiger partial charge in [-0.2, -0.15) is 5.10 Å². The smallest absolute Gasteiger partial charge is 0.293 e. The van der Waals surface area contributed by atoms with E-state index in [9.17, 15) is 4.79 Å². The highest BCUT2D eigenvalue weighted by Crippen LogP contribution is 2.24. The molecule has 1 aliphatic rings. The third kappa shape index (κ3) is 2.74. The molecule has 0 spiro atoms. The fourth-order valence-corrected chi connectivity index (χ4v) is 2.55. The molecule has 0 aromatic carbocycles. The van der Waals surface area contributed by atoms with Gasteiger partial charge in [0.15, 0.2) is 0 Å². The standard InChI is InChI=1S/C12H21N3O/c1-2-15-12(16)13-11(14-15)9-10-7-5-3-4-6-8-10/h10H,2-9H2,1H3,(H,13,14,16). The summed E-state index contributed by atoms with van der Waals surface area (Å²) in [5.74, 6) is 1.59. The zero-order valence-electron chi connectivity index (χ0n) is 10.0. The molecule has 0 aliphatic heterocycles. The van der Waals surface area contributed by atoms with E-state index in [1.807, 2.05) is 6.92 Å². The number of H-pyrrole nitrogens is 1. The van der Waals surface area contributed by atoms with Crippen LogP contribution >= 0.6 is 0 Å². The Hall–Kier alpha value is -1.06. The molecule has 0 bridgehead atoms. The first-order chi connectivity index (χ1) is 7.79. The number of rotatable bonds is 3. The molecule has 1 heterocycles. The number of aryl methyl sites for hydroxylation is 1. The molecular formula is C12H21N3O. The van der Waals surface area contributed by atoms with Crippen LogP contribution in [-0.4, -0.2) is 14.8 Å². The third-order valence-electron chi connectivity index (χ3n) is 3.48. The summed E-state index contributed by atoms with van der Waals surface area (Å²) in [6.45, 7) is 2.59. The van der Waals surface area contributed by atoms with Crippen LogP contribution in [0.5, 0.6) is 0 Å². The monoisotopic (exact) mass is 223 g/mol. The van der Waals surface area contributed by atoms with Crippen molar-refractivity contribution in [1.29, 1.82) is 0 Å². The molecule has 1 N–H and O–H groups in total. The molecule has 0 radical (unpaired) electrons. The van der Waals surface area contributed by atoms with Gasteiger partial charge in [0.25, 0.3) is 0 Å². The van der Waals surface area contributed by atoms with E-state index in [1.165, 1.54) is 43.2 Å². The molecule has 1 aliphatic carbocycles. The molecule has 90 valence electrons. The predicted molar refractivity (Wildman–Crippen MR) is 63.4 cm³/mol. The van der Waals surface area contributed by atoms with Crippen LogP contribution in [0.4, 0.5) is 0 Å². The van der Waals surface area contributed by atoms with E-state index in [-0.39, 0.29) is 5.69 Å². The third-order valence-corrected chi connectivity index (χ3v) is 3.48. The second kappa shape index (κ2) is 5.32. The topological polar surface area (TPSA) is 50.7 Å². The van der Waals surface area contributed by atoms with Crippen molar-refractivity contribution in [2.45, 2.75) is 58.4 Å². The lowest BCUT2D eigenvalue weighted by molar-refractivity contribution is 0.446. The second-order valence-electron chi connectivity index (χ2n) is 4.75. The summed E-state index contributed by atoms with van der Waals surface area (Å²) < 4.78 is 1.51. The molecule has 4 heteroatoms. The van der Waals surface area contributed by atoms with E-state index in [0.29, 0.717) is 6.54 Å². The molecule has 0 atom stereocenters. The lowest BCUT2D eigenvalue weighted by atomic mass is 9.96. The summed E-state index contributed by atoms with van der Waals surface area (Å²) in [7, 11) is 0. The Kier molecular flexibility index (Phi) is 3.80. The zero-order chi connectivity index (χ0) is 11.4. The van der Waals surface area contributed by atoms with Crippen molar-refractivity contribution in [3.8, 4) is 0 Å². The first-order valence-corrected chi connectivity index (χ1v) is 6.45. The summed E-state index contributed by atoms with van der Waals surface area (Å²) in [6.07, 6.45) is 8.95. The van der Waals surface area contributed by atoms with Gasteiger partial charge in [-0.15, -0.1) is 0 Å². The molecule has 1 aromatic rings. The maximum absolute atomic E-state index is 11.4. The first kappa shape index (κ1) is 11.4. The summed E-state index contributed by atoms with van der Waals surface area (Å²) in [6, 6.07) is 0. The fourth-order valence-electron chi connectivity index (χ4n) is 2.55. The van der Waals surface area contributed by atoms with E-state index in [4.69, 9.17) is 0 Å². The van der Waals surface area contributed by atoms with Crippen LogP contribution in [-0.2, 0) is 13.0 Å². The minimum Gasteiger partial charge on any atom is -0.293 e. The van der Waals surface area contributed by atoms with Gasteiger partial charge in [-0.05, 0) is 12.8 Å². The Bertz CT molecular complexity index is 372. The largest absolute Gasteiger partial charge is 0.343 e. The van der Waals surface area contributed by atoms with E-state index < -0.39 is 0 Å². The molecule has 0 amide bonds. The number of nitrogens with zero attached hydrogens (tertiary/aromatic N) is 2. The normalized spacial score (nSPS) is 18.6. The van der Waals surface area contributed by atoms with Gasteiger partial charge in [-0.3, -0.25) is 4.98 Å². The molecule has 1 fully saturated rings. The Morgan fingerprint density at radius 2 is 2.00 bits per heavy atom. The van der Waals surface area contributed by atoms with Crippen LogP contribution in [0.2, 0.25) is 0 Å². The van der Waals surface area contributed by atoms with Gasteiger partial charge in [0.2, 0.25) is 0 Å². The minimum absolute atomic E-state index is 0.0638. The molecule has 1 aromatic heterocycles. The predicted octanol–water partition coefficient (Wildman–Crippen LogP) is 2.10. The van der Waals surface area contributed by atoms with E-state index in [1.54, 1.807) is 0 Å². The summed E-state index contributed by atoms with van der Waals surface area (Å²) in [4.78, 5) is 14.3. The lowest BCUT2D eigenvalue weighted by Gasteiger charge is -2.10. The van der Waals surface area contributed by atoms with E-state index >= 15 is 0 Å². The maximum Gasteiger partial charge on any atom is 0.343 e. The van der Waals surface area contributed by atoms with Gasteiger partial charge in [-0.1, -0.05) is 38.5 Å². The van der Waals surface area contributed by atoms with E-state index in [2.05, 4.69) is 10.1 Å². The highest BCUT2D eigenvalue weighted by atomic mass is 16.1. The molecule has 0 unspecified atom stereocenters. The average molecular weight is 223 g/mol. The minimum atomic E-state index is -0.0638. The van der Waals surface area contributed by atoms with Gasteiger partial charge < -0.3 is 0 Å². The highest BCUT2D eigenvalue weighted by Gasteiger charge is 2.15. The molecular weight excluding hydrogens is 202 g/mol. The van der Waals surface area contributed by atoms with Crippen molar-refractivity contribution < 1.29 is 0 Å². The van der Waals surface area contributed by atoms with Gasteiger partial charge in [0, 0.05) is 13.0 Å². The van der Waals surface area contributed by atoms with Gasteiger partial charge in [0.05, 0.1) is 0 Å². The van der Waals surface area contributed by atoms with E-state index in [0.717, 1.165) is 18.2 Å². The van der Waals surface area contributed by atoms with Gasteiger partial charge in [0.1, 0.15) is 5.82 Å². The molecule has 1 saturated carbocycles. The Labute approximate surface area is 96.1 Å². The van der Waals surface area contributed by atoms with Gasteiger partial charge >= 0.3 is 5.69 Å². The molecule has 16 heavy (non-hydrogen) atoms. The number of aromatic amines is 1. The highest BCUT2D eigenvalue weighted by molar-refractivity contribution is 4.86. The Morgan fingerprint density at radius 1 is 1.31 bits per heavy atom. The average Bonchev–Trinajstić information content (AvgIpc) is 2.50. The van der Waals surface area contributed by atoms with Crippen LogP contribution in [0.1, 0.15) is 51.3 Å². The Balaban J connectivity index is 1.99. The number of aromatic nitrogens is 3. The van der Waals surface area contributed by atoms with Crippen molar-refractivity contribution >= 4 is 0 Å². The summed E-state index contributed by atoms with van der Waals surface area (Å²) in [5.41, 5.74) is -0.0638. The first-order valence-electron chi connectivity index (χ1n) is 6.45. The molecule has 4 nitrogen and oxygen atoms in total. The maximum atomic E-state index is 11.4.